The van der Waals surface area contributed by atoms with E-state index < -0.39 is 17.1 Å². The quantitative estimate of drug-likeness (QED) is 0.899. The first-order valence-electron chi connectivity index (χ1n) is 6.38. The Morgan fingerprint density at radius 2 is 2.04 bits per heavy atom. The zero-order valence-corrected chi connectivity index (χ0v) is 12.9. The Labute approximate surface area is 133 Å². The van der Waals surface area contributed by atoms with Crippen LogP contribution in [0.25, 0.3) is 0 Å². The average Bonchev–Trinajstić information content (AvgIpc) is 2.96. The molecule has 0 bridgehead atoms. The maximum absolute atomic E-state index is 12.4. The van der Waals surface area contributed by atoms with Crippen molar-refractivity contribution < 1.29 is 27.4 Å². The van der Waals surface area contributed by atoms with Crippen LogP contribution in [0.3, 0.4) is 0 Å². The summed E-state index contributed by atoms with van der Waals surface area (Å²) in [4.78, 5) is 12.1. The lowest BCUT2D eigenvalue weighted by molar-refractivity contribution is -0.138. The highest BCUT2D eigenvalue weighted by molar-refractivity contribution is 7.15. The van der Waals surface area contributed by atoms with Crippen molar-refractivity contribution in [3.63, 3.8) is 0 Å². The second-order valence-corrected chi connectivity index (χ2v) is 5.14. The molecule has 2 rings (SSSR count). The van der Waals surface area contributed by atoms with Gasteiger partial charge >= 0.3 is 6.18 Å². The lowest BCUT2D eigenvalue weighted by Gasteiger charge is -2.10. The molecule has 0 radical (unpaired) electrons. The van der Waals surface area contributed by atoms with Crippen molar-refractivity contribution in [3.8, 4) is 11.5 Å². The van der Waals surface area contributed by atoms with Gasteiger partial charge < -0.3 is 9.47 Å². The normalized spacial score (nSPS) is 11.2. The van der Waals surface area contributed by atoms with Gasteiger partial charge in [-0.05, 0) is 25.1 Å². The zero-order valence-electron chi connectivity index (χ0n) is 12.1. The maximum atomic E-state index is 12.4. The standard InChI is InChI=1S/C13H12F3N3O3S/c1-3-22-8-5-4-7(6-9(8)21-2)10(20)17-12-19-18-11(23-12)13(14,15)16/h4-6H,3H2,1-2H3,(H,17,19,20). The molecule has 1 aromatic carbocycles. The summed E-state index contributed by atoms with van der Waals surface area (Å²) in [5, 5.41) is 7.18. The Morgan fingerprint density at radius 1 is 1.30 bits per heavy atom. The van der Waals surface area contributed by atoms with Gasteiger partial charge in [0.05, 0.1) is 13.7 Å². The van der Waals surface area contributed by atoms with E-state index in [4.69, 9.17) is 9.47 Å². The molecule has 2 aromatic rings. The first-order valence-corrected chi connectivity index (χ1v) is 7.19. The highest BCUT2D eigenvalue weighted by atomic mass is 32.1. The molecule has 0 aliphatic rings. The number of hydrogen-bond acceptors (Lipinski definition) is 6. The number of benzene rings is 1. The number of amides is 1. The fourth-order valence-electron chi connectivity index (χ4n) is 1.64. The zero-order chi connectivity index (χ0) is 17.0. The van der Waals surface area contributed by atoms with Crippen molar-refractivity contribution in [3.05, 3.63) is 28.8 Å². The highest BCUT2D eigenvalue weighted by Gasteiger charge is 2.35. The first kappa shape index (κ1) is 17.0. The molecule has 6 nitrogen and oxygen atoms in total. The minimum absolute atomic E-state index is 0.189. The molecule has 1 aromatic heterocycles. The van der Waals surface area contributed by atoms with E-state index in [0.717, 1.165) is 0 Å². The number of ether oxygens (including phenoxy) is 2. The molecule has 0 aliphatic heterocycles. The number of hydrogen-bond donors (Lipinski definition) is 1. The monoisotopic (exact) mass is 347 g/mol. The molecule has 1 amide bonds. The molecular formula is C13H12F3N3O3S. The van der Waals surface area contributed by atoms with Gasteiger partial charge in [0.15, 0.2) is 11.5 Å². The molecule has 124 valence electrons. The summed E-state index contributed by atoms with van der Waals surface area (Å²) in [7, 11) is 1.42. The number of carbonyl (C=O) groups is 1. The molecule has 0 spiro atoms. The molecule has 23 heavy (non-hydrogen) atoms. The number of alkyl halides is 3. The van der Waals surface area contributed by atoms with Crippen LogP contribution in [0.5, 0.6) is 11.5 Å². The number of methoxy groups -OCH3 is 1. The molecule has 1 heterocycles. The van der Waals surface area contributed by atoms with E-state index in [2.05, 4.69) is 15.5 Å². The summed E-state index contributed by atoms with van der Waals surface area (Å²) in [6, 6.07) is 4.43. The van der Waals surface area contributed by atoms with Gasteiger partial charge in [0.25, 0.3) is 5.91 Å². The van der Waals surface area contributed by atoms with Crippen LogP contribution in [-0.2, 0) is 6.18 Å². The van der Waals surface area contributed by atoms with Gasteiger partial charge in [-0.2, -0.15) is 13.2 Å². The Bertz CT molecular complexity index is 703. The largest absolute Gasteiger partial charge is 0.493 e. The molecule has 0 aliphatic carbocycles. The predicted molar refractivity (Wildman–Crippen MR) is 77.0 cm³/mol. The lowest BCUT2D eigenvalue weighted by atomic mass is 10.2. The average molecular weight is 347 g/mol. The number of anilines is 1. The first-order chi connectivity index (χ1) is 10.8. The molecule has 0 saturated carbocycles. The molecule has 10 heteroatoms. The van der Waals surface area contributed by atoms with Crippen LogP contribution in [0.4, 0.5) is 18.3 Å². The Morgan fingerprint density at radius 3 is 2.61 bits per heavy atom. The van der Waals surface area contributed by atoms with E-state index in [0.29, 0.717) is 18.1 Å². The van der Waals surface area contributed by atoms with E-state index in [1.54, 1.807) is 13.0 Å². The van der Waals surface area contributed by atoms with Crippen molar-refractivity contribution in [2.75, 3.05) is 19.0 Å². The number of halogens is 3. The van der Waals surface area contributed by atoms with Crippen LogP contribution in [-0.4, -0.2) is 29.8 Å². The predicted octanol–water partition coefficient (Wildman–Crippen LogP) is 3.22. The van der Waals surface area contributed by atoms with Crippen molar-refractivity contribution in [1.29, 1.82) is 0 Å². The van der Waals surface area contributed by atoms with Crippen LogP contribution in [0, 0.1) is 0 Å². The summed E-state index contributed by atoms with van der Waals surface area (Å²) < 4.78 is 47.8. The SMILES string of the molecule is CCOc1ccc(C(=O)Nc2nnc(C(F)(F)F)s2)cc1OC. The molecule has 0 fully saturated rings. The third kappa shape index (κ3) is 4.09. The summed E-state index contributed by atoms with van der Waals surface area (Å²) in [5.41, 5.74) is 0.189. The van der Waals surface area contributed by atoms with Crippen LogP contribution in [0.1, 0.15) is 22.3 Å². The second kappa shape index (κ2) is 6.82. The molecular weight excluding hydrogens is 335 g/mol. The van der Waals surface area contributed by atoms with E-state index >= 15 is 0 Å². The van der Waals surface area contributed by atoms with Gasteiger partial charge in [0.1, 0.15) is 0 Å². The molecule has 1 N–H and O–H groups in total. The molecule has 0 unspecified atom stereocenters. The van der Waals surface area contributed by atoms with Gasteiger partial charge in [-0.3, -0.25) is 10.1 Å². The maximum Gasteiger partial charge on any atom is 0.445 e. The number of carbonyl (C=O) groups excluding carboxylic acids is 1. The van der Waals surface area contributed by atoms with Crippen LogP contribution >= 0.6 is 11.3 Å². The molecule has 0 saturated heterocycles. The second-order valence-electron chi connectivity index (χ2n) is 4.16. The van der Waals surface area contributed by atoms with Crippen molar-refractivity contribution in [2.45, 2.75) is 13.1 Å². The van der Waals surface area contributed by atoms with E-state index in [1.165, 1.54) is 19.2 Å². The topological polar surface area (TPSA) is 73.3 Å². The van der Waals surface area contributed by atoms with Gasteiger partial charge in [-0.25, -0.2) is 0 Å². The number of nitrogens with one attached hydrogen (secondary N) is 1. The van der Waals surface area contributed by atoms with Crippen molar-refractivity contribution in [1.82, 2.24) is 10.2 Å². The van der Waals surface area contributed by atoms with Gasteiger partial charge in [0.2, 0.25) is 10.1 Å². The van der Waals surface area contributed by atoms with E-state index in [1.807, 2.05) is 0 Å². The van der Waals surface area contributed by atoms with E-state index in [-0.39, 0.29) is 22.0 Å². The van der Waals surface area contributed by atoms with Gasteiger partial charge in [-0.15, -0.1) is 10.2 Å². The Kier molecular flexibility index (Phi) is 5.04. The Hall–Kier alpha value is -2.36. The number of aromatic nitrogens is 2. The van der Waals surface area contributed by atoms with E-state index in [9.17, 15) is 18.0 Å². The number of rotatable bonds is 5. The summed E-state index contributed by atoms with van der Waals surface area (Å²) in [6.07, 6.45) is -4.59. The van der Waals surface area contributed by atoms with Gasteiger partial charge in [0, 0.05) is 5.56 Å². The third-order valence-electron chi connectivity index (χ3n) is 2.61. The van der Waals surface area contributed by atoms with Crippen molar-refractivity contribution >= 4 is 22.4 Å². The summed E-state index contributed by atoms with van der Waals surface area (Å²) in [6.45, 7) is 2.22. The fourth-order valence-corrected chi connectivity index (χ4v) is 2.25. The summed E-state index contributed by atoms with van der Waals surface area (Å²) in [5.74, 6) is 0.172. The molecule has 0 atom stereocenters. The minimum Gasteiger partial charge on any atom is -0.493 e. The van der Waals surface area contributed by atoms with Gasteiger partial charge in [-0.1, -0.05) is 11.3 Å². The van der Waals surface area contributed by atoms with Crippen LogP contribution in [0.15, 0.2) is 18.2 Å². The minimum atomic E-state index is -4.59. The van der Waals surface area contributed by atoms with Crippen molar-refractivity contribution in [2.24, 2.45) is 0 Å². The lowest BCUT2D eigenvalue weighted by Crippen LogP contribution is -2.12. The summed E-state index contributed by atoms with van der Waals surface area (Å²) >= 11 is 0.249. The van der Waals surface area contributed by atoms with Crippen LogP contribution in [0.2, 0.25) is 0 Å². The number of nitrogens with zero attached hydrogens (tertiary/aromatic N) is 2. The smallest absolute Gasteiger partial charge is 0.445 e. The highest BCUT2D eigenvalue weighted by Crippen LogP contribution is 2.33. The third-order valence-corrected chi connectivity index (χ3v) is 3.50. The Balaban J connectivity index is 2.16. The van der Waals surface area contributed by atoms with Crippen LogP contribution < -0.4 is 14.8 Å². The fraction of sp³-hybridized carbons (Fsp3) is 0.308.